The molecule has 1 amide bonds. The van der Waals surface area contributed by atoms with Crippen LogP contribution in [-0.2, 0) is 22.7 Å². The van der Waals surface area contributed by atoms with Gasteiger partial charge in [0.15, 0.2) is 11.5 Å². The lowest BCUT2D eigenvalue weighted by Crippen LogP contribution is -2.42. The van der Waals surface area contributed by atoms with E-state index in [4.69, 9.17) is 14.2 Å². The Morgan fingerprint density at radius 2 is 1.86 bits per heavy atom. The van der Waals surface area contributed by atoms with E-state index >= 15 is 0 Å². The molecule has 2 unspecified atom stereocenters. The summed E-state index contributed by atoms with van der Waals surface area (Å²) in [5, 5.41) is 0. The van der Waals surface area contributed by atoms with E-state index < -0.39 is 0 Å². The molecule has 4 rings (SSSR count). The number of carbonyl (C=O) groups excluding carboxylic acids is 2. The smallest absolute Gasteiger partial charge is 0.231 e. The molecule has 2 heterocycles. The highest BCUT2D eigenvalue weighted by atomic mass is 16.7. The summed E-state index contributed by atoms with van der Waals surface area (Å²) in [5.74, 6) is 2.48. The van der Waals surface area contributed by atoms with Gasteiger partial charge in [0.25, 0.3) is 0 Å². The van der Waals surface area contributed by atoms with Crippen molar-refractivity contribution in [3.8, 4) is 17.2 Å². The molecule has 2 aliphatic heterocycles. The summed E-state index contributed by atoms with van der Waals surface area (Å²) >= 11 is 0. The zero-order chi connectivity index (χ0) is 25.2. The Hall–Kier alpha value is -3.06. The van der Waals surface area contributed by atoms with Crippen molar-refractivity contribution in [2.75, 3.05) is 20.4 Å². The number of carbonyl (C=O) groups is 2. The van der Waals surface area contributed by atoms with E-state index in [1.807, 2.05) is 47.4 Å². The van der Waals surface area contributed by atoms with Gasteiger partial charge < -0.3 is 19.1 Å². The van der Waals surface area contributed by atoms with Crippen molar-refractivity contribution >= 4 is 11.7 Å². The zero-order valence-electron chi connectivity index (χ0n) is 21.4. The van der Waals surface area contributed by atoms with Crippen LogP contribution in [0, 0.1) is 5.41 Å². The normalized spacial score (nSPS) is 19.6. The van der Waals surface area contributed by atoms with Crippen molar-refractivity contribution < 1.29 is 23.8 Å². The van der Waals surface area contributed by atoms with Gasteiger partial charge in [-0.1, -0.05) is 39.0 Å². The van der Waals surface area contributed by atoms with Gasteiger partial charge in [-0.05, 0) is 54.2 Å². The van der Waals surface area contributed by atoms with E-state index in [9.17, 15) is 9.59 Å². The number of hydrogen-bond acceptors (Lipinski definition) is 6. The van der Waals surface area contributed by atoms with Gasteiger partial charge in [0, 0.05) is 32.1 Å². The highest BCUT2D eigenvalue weighted by molar-refractivity contribution is 5.82. The van der Waals surface area contributed by atoms with Gasteiger partial charge in [-0.15, -0.1) is 0 Å². The first-order valence-corrected chi connectivity index (χ1v) is 12.2. The highest BCUT2D eigenvalue weighted by Crippen LogP contribution is 2.34. The third-order valence-electron chi connectivity index (χ3n) is 6.60. The van der Waals surface area contributed by atoms with Gasteiger partial charge in [-0.3, -0.25) is 14.5 Å². The molecule has 2 atom stereocenters. The quantitative estimate of drug-likeness (QED) is 0.557. The van der Waals surface area contributed by atoms with Gasteiger partial charge in [0.1, 0.15) is 11.5 Å². The van der Waals surface area contributed by atoms with Gasteiger partial charge in [0.05, 0.1) is 13.2 Å². The number of ether oxygens (including phenoxy) is 3. The monoisotopic (exact) mass is 480 g/mol. The van der Waals surface area contributed by atoms with E-state index in [1.54, 1.807) is 14.0 Å². The van der Waals surface area contributed by atoms with Crippen LogP contribution < -0.4 is 14.2 Å². The number of methoxy groups -OCH3 is 1. The molecule has 1 saturated heterocycles. The Balaban J connectivity index is 1.56. The van der Waals surface area contributed by atoms with Crippen LogP contribution in [0.5, 0.6) is 17.2 Å². The summed E-state index contributed by atoms with van der Waals surface area (Å²) in [6, 6.07) is 13.4. The topological polar surface area (TPSA) is 68.3 Å². The minimum atomic E-state index is -0.235. The maximum absolute atomic E-state index is 13.5. The Morgan fingerprint density at radius 3 is 2.57 bits per heavy atom. The molecule has 2 aromatic rings. The second-order valence-corrected chi connectivity index (χ2v) is 10.7. The predicted molar refractivity (Wildman–Crippen MR) is 133 cm³/mol. The van der Waals surface area contributed by atoms with E-state index in [0.29, 0.717) is 32.5 Å². The van der Waals surface area contributed by atoms with Crippen molar-refractivity contribution in [1.29, 1.82) is 0 Å². The second-order valence-electron chi connectivity index (χ2n) is 10.7. The molecule has 0 aliphatic carbocycles. The van der Waals surface area contributed by atoms with Crippen molar-refractivity contribution in [2.45, 2.75) is 65.7 Å². The van der Waals surface area contributed by atoms with Crippen LogP contribution in [0.4, 0.5) is 0 Å². The Kier molecular flexibility index (Phi) is 7.36. The predicted octanol–water partition coefficient (Wildman–Crippen LogP) is 4.42. The molecular formula is C28H36N2O5. The summed E-state index contributed by atoms with van der Waals surface area (Å²) in [7, 11) is 1.64. The van der Waals surface area contributed by atoms with E-state index in [0.717, 1.165) is 28.4 Å². The highest BCUT2D eigenvalue weighted by Gasteiger charge is 2.40. The average Bonchev–Trinajstić information content (AvgIpc) is 3.43. The fraction of sp³-hybridized carbons (Fsp3) is 0.500. The first-order valence-electron chi connectivity index (χ1n) is 12.2. The number of fused-ring (bicyclic) bond motifs is 1. The molecule has 2 aromatic carbocycles. The number of rotatable bonds is 8. The van der Waals surface area contributed by atoms with E-state index in [2.05, 4.69) is 25.7 Å². The summed E-state index contributed by atoms with van der Waals surface area (Å²) in [4.78, 5) is 30.3. The molecule has 2 aliphatic rings. The molecule has 7 nitrogen and oxygen atoms in total. The summed E-state index contributed by atoms with van der Waals surface area (Å²) in [5.41, 5.74) is 1.94. The molecule has 0 saturated carbocycles. The maximum atomic E-state index is 13.5. The number of hydrogen-bond donors (Lipinski definition) is 0. The minimum absolute atomic E-state index is 0.0565. The van der Waals surface area contributed by atoms with Gasteiger partial charge in [-0.2, -0.15) is 0 Å². The van der Waals surface area contributed by atoms with Crippen LogP contribution in [0.2, 0.25) is 0 Å². The molecule has 35 heavy (non-hydrogen) atoms. The maximum Gasteiger partial charge on any atom is 0.231 e. The third-order valence-corrected chi connectivity index (χ3v) is 6.60. The first-order chi connectivity index (χ1) is 16.6. The fourth-order valence-corrected chi connectivity index (χ4v) is 4.92. The number of amides is 1. The molecule has 7 heteroatoms. The molecule has 188 valence electrons. The number of nitrogens with zero attached hydrogens (tertiary/aromatic N) is 2. The fourth-order valence-electron chi connectivity index (χ4n) is 4.92. The van der Waals surface area contributed by atoms with Gasteiger partial charge >= 0.3 is 0 Å². The molecule has 0 radical (unpaired) electrons. The number of Topliss-reactive ketones (excluding diaryl/α,β-unsaturated/α-hetero) is 1. The average molecular weight is 481 g/mol. The zero-order valence-corrected chi connectivity index (χ0v) is 21.4. The largest absolute Gasteiger partial charge is 0.497 e. The number of ketones is 1. The molecule has 0 spiro atoms. The van der Waals surface area contributed by atoms with Crippen LogP contribution in [0.3, 0.4) is 0 Å². The lowest BCUT2D eigenvalue weighted by Gasteiger charge is -2.32. The number of benzene rings is 2. The van der Waals surface area contributed by atoms with Crippen LogP contribution >= 0.6 is 0 Å². The van der Waals surface area contributed by atoms with Crippen molar-refractivity contribution in [3.63, 3.8) is 0 Å². The molecule has 0 N–H and O–H groups in total. The summed E-state index contributed by atoms with van der Waals surface area (Å²) in [6.07, 6.45) is 1.07. The number of likely N-dealkylation sites (tertiary alicyclic amines) is 1. The van der Waals surface area contributed by atoms with Crippen LogP contribution in [0.25, 0.3) is 0 Å². The van der Waals surface area contributed by atoms with Crippen molar-refractivity contribution in [3.05, 3.63) is 53.6 Å². The Bertz CT molecular complexity index is 1080. The SMILES string of the molecule is COc1cccc(CN(C(=O)CC(C)(C)C)C2CC(C(C)=O)N(Cc3ccc4c(c3)OCO4)C2)c1. The summed E-state index contributed by atoms with van der Waals surface area (Å²) in [6.45, 7) is 9.84. The van der Waals surface area contributed by atoms with E-state index in [1.165, 1.54) is 0 Å². The van der Waals surface area contributed by atoms with E-state index in [-0.39, 0.29) is 36.0 Å². The van der Waals surface area contributed by atoms with Crippen molar-refractivity contribution in [1.82, 2.24) is 9.80 Å². The van der Waals surface area contributed by atoms with Crippen molar-refractivity contribution in [2.24, 2.45) is 5.41 Å². The molecular weight excluding hydrogens is 444 g/mol. The first kappa shape index (κ1) is 25.0. The second kappa shape index (κ2) is 10.3. The molecule has 0 bridgehead atoms. The molecule has 0 aromatic heterocycles. The Labute approximate surface area is 207 Å². The standard InChI is InChI=1S/C28H36N2O5/c1-19(31)24-13-22(17-29(24)15-21-9-10-25-26(12-21)35-18-34-25)30(27(32)14-28(2,3)4)16-20-7-6-8-23(11-20)33-5/h6-12,22,24H,13-18H2,1-5H3. The van der Waals surface area contributed by atoms with Crippen LogP contribution in [0.1, 0.15) is 51.7 Å². The summed E-state index contributed by atoms with van der Waals surface area (Å²) < 4.78 is 16.3. The van der Waals surface area contributed by atoms with Gasteiger partial charge in [-0.25, -0.2) is 0 Å². The lowest BCUT2D eigenvalue weighted by molar-refractivity contribution is -0.136. The minimum Gasteiger partial charge on any atom is -0.497 e. The van der Waals surface area contributed by atoms with Gasteiger partial charge in [0.2, 0.25) is 12.7 Å². The lowest BCUT2D eigenvalue weighted by atomic mass is 9.91. The Morgan fingerprint density at radius 1 is 1.09 bits per heavy atom. The van der Waals surface area contributed by atoms with Crippen LogP contribution in [0.15, 0.2) is 42.5 Å². The van der Waals surface area contributed by atoms with Crippen LogP contribution in [-0.4, -0.2) is 54.0 Å². The molecule has 1 fully saturated rings. The third kappa shape index (κ3) is 6.14.